The van der Waals surface area contributed by atoms with E-state index < -0.39 is 0 Å². The van der Waals surface area contributed by atoms with Crippen LogP contribution in [-0.4, -0.2) is 23.2 Å². The van der Waals surface area contributed by atoms with Crippen LogP contribution < -0.4 is 15.2 Å². The van der Waals surface area contributed by atoms with Crippen molar-refractivity contribution in [3.8, 4) is 11.6 Å². The predicted molar refractivity (Wildman–Crippen MR) is 68.9 cm³/mol. The summed E-state index contributed by atoms with van der Waals surface area (Å²) >= 11 is 5.85. The summed E-state index contributed by atoms with van der Waals surface area (Å²) in [5, 5.41) is 0.323. The second-order valence-electron chi connectivity index (χ2n) is 3.39. The summed E-state index contributed by atoms with van der Waals surface area (Å²) in [5.41, 5.74) is 5.43. The Labute approximate surface area is 110 Å². The highest BCUT2D eigenvalue weighted by atomic mass is 35.5. The SMILES string of the molecule is Nc1ncc(Cl)c(OCCOc2ccccc2)n1. The van der Waals surface area contributed by atoms with Gasteiger partial charge in [0.25, 0.3) is 0 Å². The van der Waals surface area contributed by atoms with Crippen LogP contribution in [0.15, 0.2) is 36.5 Å². The van der Waals surface area contributed by atoms with Crippen molar-refractivity contribution in [2.45, 2.75) is 0 Å². The predicted octanol–water partition coefficient (Wildman–Crippen LogP) is 2.17. The van der Waals surface area contributed by atoms with Crippen molar-refractivity contribution in [1.29, 1.82) is 0 Å². The van der Waals surface area contributed by atoms with Crippen molar-refractivity contribution >= 4 is 17.5 Å². The fourth-order valence-electron chi connectivity index (χ4n) is 1.28. The Morgan fingerprint density at radius 2 is 1.83 bits per heavy atom. The lowest BCUT2D eigenvalue weighted by atomic mass is 10.3. The number of hydrogen-bond acceptors (Lipinski definition) is 5. The number of benzene rings is 1. The second kappa shape index (κ2) is 6.07. The average Bonchev–Trinajstić information content (AvgIpc) is 2.40. The molecule has 0 atom stereocenters. The molecular formula is C12H12ClN3O2. The van der Waals surface area contributed by atoms with E-state index in [1.807, 2.05) is 30.3 Å². The molecule has 0 aliphatic heterocycles. The number of rotatable bonds is 5. The molecule has 1 aromatic heterocycles. The number of nitrogen functional groups attached to an aromatic ring is 1. The Morgan fingerprint density at radius 3 is 2.61 bits per heavy atom. The lowest BCUT2D eigenvalue weighted by molar-refractivity contribution is 0.212. The summed E-state index contributed by atoms with van der Waals surface area (Å²) in [6, 6.07) is 9.47. The molecule has 0 saturated carbocycles. The van der Waals surface area contributed by atoms with Gasteiger partial charge in [-0.15, -0.1) is 0 Å². The molecule has 2 aromatic rings. The first-order valence-corrected chi connectivity index (χ1v) is 5.72. The standard InChI is InChI=1S/C12H12ClN3O2/c13-10-8-15-12(14)16-11(10)18-7-6-17-9-4-2-1-3-5-9/h1-5,8H,6-7H2,(H2,14,15,16). The van der Waals surface area contributed by atoms with E-state index in [0.29, 0.717) is 18.2 Å². The molecule has 0 amide bonds. The zero-order valence-corrected chi connectivity index (χ0v) is 10.3. The summed E-state index contributed by atoms with van der Waals surface area (Å²) in [6.45, 7) is 0.718. The minimum atomic E-state index is 0.123. The van der Waals surface area contributed by atoms with Crippen LogP contribution >= 0.6 is 11.6 Å². The molecule has 0 aliphatic carbocycles. The molecule has 2 rings (SSSR count). The zero-order valence-electron chi connectivity index (χ0n) is 9.54. The van der Waals surface area contributed by atoms with Crippen LogP contribution in [0.2, 0.25) is 5.02 Å². The Balaban J connectivity index is 1.80. The van der Waals surface area contributed by atoms with Gasteiger partial charge in [-0.05, 0) is 12.1 Å². The van der Waals surface area contributed by atoms with Crippen LogP contribution in [0.4, 0.5) is 5.95 Å². The van der Waals surface area contributed by atoms with Gasteiger partial charge in [0, 0.05) is 0 Å². The maximum atomic E-state index is 5.85. The number of nitrogens with two attached hydrogens (primary N) is 1. The zero-order chi connectivity index (χ0) is 12.8. The fourth-order valence-corrected chi connectivity index (χ4v) is 1.43. The van der Waals surface area contributed by atoms with E-state index in [1.54, 1.807) is 0 Å². The number of ether oxygens (including phenoxy) is 2. The molecule has 0 unspecified atom stereocenters. The van der Waals surface area contributed by atoms with Gasteiger partial charge in [0.05, 0.1) is 6.20 Å². The topological polar surface area (TPSA) is 70.3 Å². The lowest BCUT2D eigenvalue weighted by Crippen LogP contribution is -2.10. The maximum Gasteiger partial charge on any atom is 0.237 e. The molecule has 94 valence electrons. The third kappa shape index (κ3) is 3.49. The quantitative estimate of drug-likeness (QED) is 0.839. The lowest BCUT2D eigenvalue weighted by Gasteiger charge is -2.08. The monoisotopic (exact) mass is 265 g/mol. The van der Waals surface area contributed by atoms with Crippen LogP contribution in [0, 0.1) is 0 Å². The highest BCUT2D eigenvalue weighted by Gasteiger charge is 2.04. The first-order valence-electron chi connectivity index (χ1n) is 5.34. The molecule has 5 nitrogen and oxygen atoms in total. The first kappa shape index (κ1) is 12.4. The molecule has 0 bridgehead atoms. The number of anilines is 1. The molecule has 1 aromatic carbocycles. The van der Waals surface area contributed by atoms with Crippen LogP contribution in [-0.2, 0) is 0 Å². The summed E-state index contributed by atoms with van der Waals surface area (Å²) in [4.78, 5) is 7.61. The van der Waals surface area contributed by atoms with E-state index in [9.17, 15) is 0 Å². The fraction of sp³-hybridized carbons (Fsp3) is 0.167. The molecule has 0 aliphatic rings. The Kier molecular flexibility index (Phi) is 4.20. The maximum absolute atomic E-state index is 5.85. The van der Waals surface area contributed by atoms with Crippen molar-refractivity contribution in [2.75, 3.05) is 18.9 Å². The summed E-state index contributed by atoms with van der Waals surface area (Å²) < 4.78 is 10.8. The highest BCUT2D eigenvalue weighted by Crippen LogP contribution is 2.20. The van der Waals surface area contributed by atoms with E-state index >= 15 is 0 Å². The molecule has 18 heavy (non-hydrogen) atoms. The molecule has 1 heterocycles. The highest BCUT2D eigenvalue weighted by molar-refractivity contribution is 6.31. The van der Waals surface area contributed by atoms with Crippen LogP contribution in [0.1, 0.15) is 0 Å². The van der Waals surface area contributed by atoms with Crippen LogP contribution in [0.3, 0.4) is 0 Å². The van der Waals surface area contributed by atoms with Crippen molar-refractivity contribution in [3.63, 3.8) is 0 Å². The van der Waals surface area contributed by atoms with Gasteiger partial charge >= 0.3 is 0 Å². The van der Waals surface area contributed by atoms with Crippen molar-refractivity contribution < 1.29 is 9.47 Å². The van der Waals surface area contributed by atoms with E-state index in [2.05, 4.69) is 9.97 Å². The van der Waals surface area contributed by atoms with E-state index in [0.717, 1.165) is 5.75 Å². The summed E-state index contributed by atoms with van der Waals surface area (Å²) in [5.74, 6) is 1.17. The number of halogens is 1. The van der Waals surface area contributed by atoms with Gasteiger partial charge in [-0.2, -0.15) is 4.98 Å². The number of hydrogen-bond donors (Lipinski definition) is 1. The Hall–Kier alpha value is -2.01. The van der Waals surface area contributed by atoms with Gasteiger partial charge in [-0.1, -0.05) is 29.8 Å². The van der Waals surface area contributed by atoms with E-state index in [-0.39, 0.29) is 11.8 Å². The van der Waals surface area contributed by atoms with Gasteiger partial charge in [-0.3, -0.25) is 0 Å². The normalized spacial score (nSPS) is 10.1. The summed E-state index contributed by atoms with van der Waals surface area (Å²) in [6.07, 6.45) is 1.40. The molecule has 0 spiro atoms. The largest absolute Gasteiger partial charge is 0.490 e. The Morgan fingerprint density at radius 1 is 1.11 bits per heavy atom. The van der Waals surface area contributed by atoms with E-state index in [1.165, 1.54) is 6.20 Å². The molecule has 0 radical (unpaired) electrons. The minimum absolute atomic E-state index is 0.123. The van der Waals surface area contributed by atoms with Gasteiger partial charge in [0.15, 0.2) is 0 Å². The molecule has 2 N–H and O–H groups in total. The minimum Gasteiger partial charge on any atom is -0.490 e. The number of nitrogens with zero attached hydrogens (tertiary/aromatic N) is 2. The second-order valence-corrected chi connectivity index (χ2v) is 3.80. The molecule has 6 heteroatoms. The van der Waals surface area contributed by atoms with Crippen LogP contribution in [0.5, 0.6) is 11.6 Å². The van der Waals surface area contributed by atoms with Gasteiger partial charge in [-0.25, -0.2) is 4.98 Å². The van der Waals surface area contributed by atoms with Gasteiger partial charge in [0.1, 0.15) is 24.0 Å². The number of para-hydroxylation sites is 1. The van der Waals surface area contributed by atoms with E-state index in [4.69, 9.17) is 26.8 Å². The molecular weight excluding hydrogens is 254 g/mol. The smallest absolute Gasteiger partial charge is 0.237 e. The summed E-state index contributed by atoms with van der Waals surface area (Å²) in [7, 11) is 0. The van der Waals surface area contributed by atoms with Gasteiger partial charge in [0.2, 0.25) is 11.8 Å². The first-order chi connectivity index (χ1) is 8.75. The third-order valence-electron chi connectivity index (χ3n) is 2.06. The van der Waals surface area contributed by atoms with Gasteiger partial charge < -0.3 is 15.2 Å². The molecule has 0 saturated heterocycles. The van der Waals surface area contributed by atoms with Crippen molar-refractivity contribution in [3.05, 3.63) is 41.6 Å². The Bertz CT molecular complexity index is 508. The van der Waals surface area contributed by atoms with Crippen LogP contribution in [0.25, 0.3) is 0 Å². The average molecular weight is 266 g/mol. The number of aromatic nitrogens is 2. The third-order valence-corrected chi connectivity index (χ3v) is 2.32. The van der Waals surface area contributed by atoms with Crippen molar-refractivity contribution in [1.82, 2.24) is 9.97 Å². The van der Waals surface area contributed by atoms with Crippen molar-refractivity contribution in [2.24, 2.45) is 0 Å². The molecule has 0 fully saturated rings.